The molecule has 1 aliphatic rings. The van der Waals surface area contributed by atoms with E-state index in [-0.39, 0.29) is 11.9 Å². The van der Waals surface area contributed by atoms with Gasteiger partial charge in [0.1, 0.15) is 0 Å². The van der Waals surface area contributed by atoms with Gasteiger partial charge in [0.2, 0.25) is 0 Å². The number of hydrogen-bond acceptors (Lipinski definition) is 4. The van der Waals surface area contributed by atoms with Crippen molar-refractivity contribution in [2.24, 2.45) is 10.9 Å². The molecule has 1 rings (SSSR count). The Kier molecular flexibility index (Phi) is 6.93. The van der Waals surface area contributed by atoms with Gasteiger partial charge in [-0.1, -0.05) is 6.92 Å². The van der Waals surface area contributed by atoms with Gasteiger partial charge in [0, 0.05) is 25.4 Å². The maximum atomic E-state index is 11.3. The van der Waals surface area contributed by atoms with Crippen molar-refractivity contribution in [3.05, 3.63) is 0 Å². The number of nitrogens with zero attached hydrogens (tertiary/aromatic N) is 1. The van der Waals surface area contributed by atoms with Gasteiger partial charge in [-0.2, -0.15) is 11.8 Å². The summed E-state index contributed by atoms with van der Waals surface area (Å²) in [5.41, 5.74) is 0. The van der Waals surface area contributed by atoms with E-state index in [9.17, 15) is 4.79 Å². The van der Waals surface area contributed by atoms with Crippen LogP contribution in [0.1, 0.15) is 19.8 Å². The number of thioether (sulfide) groups is 1. The predicted molar refractivity (Wildman–Crippen MR) is 76.0 cm³/mol. The first-order chi connectivity index (χ1) is 8.67. The minimum Gasteiger partial charge on any atom is -0.469 e. The van der Waals surface area contributed by atoms with Gasteiger partial charge in [-0.05, 0) is 18.6 Å². The molecular weight excluding hydrogens is 250 g/mol. The fraction of sp³-hybridized carbons (Fsp3) is 0.833. The monoisotopic (exact) mass is 273 g/mol. The molecule has 18 heavy (non-hydrogen) atoms. The van der Waals surface area contributed by atoms with E-state index in [0.717, 1.165) is 12.5 Å². The summed E-state index contributed by atoms with van der Waals surface area (Å²) in [5, 5.41) is 7.11. The molecular formula is C12H23N3O2S. The molecule has 0 bridgehead atoms. The molecule has 0 aromatic rings. The number of guanidine groups is 1. The van der Waals surface area contributed by atoms with Crippen molar-refractivity contribution in [3.8, 4) is 0 Å². The SMILES string of the molecule is CN=C(NCC1CCCS1)NCC(C)C(=O)OC. The molecule has 1 saturated heterocycles. The van der Waals surface area contributed by atoms with Crippen LogP contribution in [0.5, 0.6) is 0 Å². The average Bonchev–Trinajstić information content (AvgIpc) is 2.90. The highest BCUT2D eigenvalue weighted by Gasteiger charge is 2.16. The molecule has 1 heterocycles. The highest BCUT2D eigenvalue weighted by molar-refractivity contribution is 8.00. The lowest BCUT2D eigenvalue weighted by Crippen LogP contribution is -2.42. The van der Waals surface area contributed by atoms with E-state index >= 15 is 0 Å². The zero-order valence-corrected chi connectivity index (χ0v) is 12.2. The van der Waals surface area contributed by atoms with Crippen LogP contribution in [0.15, 0.2) is 4.99 Å². The first-order valence-electron chi connectivity index (χ1n) is 6.31. The molecule has 0 amide bonds. The molecule has 2 atom stereocenters. The summed E-state index contributed by atoms with van der Waals surface area (Å²) < 4.78 is 4.68. The highest BCUT2D eigenvalue weighted by Crippen LogP contribution is 2.25. The molecule has 0 radical (unpaired) electrons. The van der Waals surface area contributed by atoms with Crippen LogP contribution in [0.2, 0.25) is 0 Å². The van der Waals surface area contributed by atoms with Crippen molar-refractivity contribution < 1.29 is 9.53 Å². The topological polar surface area (TPSA) is 62.7 Å². The van der Waals surface area contributed by atoms with Crippen molar-refractivity contribution in [2.45, 2.75) is 25.0 Å². The molecule has 2 unspecified atom stereocenters. The minimum absolute atomic E-state index is 0.172. The normalized spacial score (nSPS) is 21.5. The maximum absolute atomic E-state index is 11.3. The zero-order valence-electron chi connectivity index (χ0n) is 11.4. The van der Waals surface area contributed by atoms with Crippen LogP contribution < -0.4 is 10.6 Å². The quantitative estimate of drug-likeness (QED) is 0.442. The second kappa shape index (κ2) is 8.24. The maximum Gasteiger partial charge on any atom is 0.310 e. The van der Waals surface area contributed by atoms with Crippen LogP contribution in [0, 0.1) is 5.92 Å². The van der Waals surface area contributed by atoms with E-state index in [1.165, 1.54) is 25.7 Å². The summed E-state index contributed by atoms with van der Waals surface area (Å²) in [4.78, 5) is 15.4. The minimum atomic E-state index is -0.204. The van der Waals surface area contributed by atoms with Crippen molar-refractivity contribution in [1.29, 1.82) is 0 Å². The van der Waals surface area contributed by atoms with Crippen LogP contribution >= 0.6 is 11.8 Å². The first-order valence-corrected chi connectivity index (χ1v) is 7.36. The second-order valence-electron chi connectivity index (χ2n) is 4.39. The fourth-order valence-corrected chi connectivity index (χ4v) is 2.97. The van der Waals surface area contributed by atoms with E-state index < -0.39 is 0 Å². The van der Waals surface area contributed by atoms with Gasteiger partial charge in [-0.25, -0.2) is 0 Å². The Hall–Kier alpha value is -0.910. The Morgan fingerprint density at radius 3 is 2.89 bits per heavy atom. The number of hydrogen-bond donors (Lipinski definition) is 2. The Balaban J connectivity index is 2.22. The largest absolute Gasteiger partial charge is 0.469 e. The first kappa shape index (κ1) is 15.1. The number of rotatable bonds is 5. The molecule has 0 saturated carbocycles. The van der Waals surface area contributed by atoms with Gasteiger partial charge in [-0.3, -0.25) is 9.79 Å². The van der Waals surface area contributed by atoms with E-state index in [2.05, 4.69) is 20.4 Å². The molecule has 0 aliphatic carbocycles. The number of aliphatic imine (C=N–C) groups is 1. The second-order valence-corrected chi connectivity index (χ2v) is 5.80. The molecule has 1 aliphatic heterocycles. The summed E-state index contributed by atoms with van der Waals surface area (Å²) in [5.74, 6) is 1.63. The Bertz CT molecular complexity index is 291. The van der Waals surface area contributed by atoms with E-state index in [0.29, 0.717) is 11.8 Å². The van der Waals surface area contributed by atoms with Gasteiger partial charge >= 0.3 is 5.97 Å². The van der Waals surface area contributed by atoms with Gasteiger partial charge < -0.3 is 15.4 Å². The number of esters is 1. The molecule has 1 fully saturated rings. The van der Waals surface area contributed by atoms with E-state index in [4.69, 9.17) is 0 Å². The molecule has 6 heteroatoms. The number of methoxy groups -OCH3 is 1. The van der Waals surface area contributed by atoms with Crippen molar-refractivity contribution in [1.82, 2.24) is 10.6 Å². The Labute approximate surface area is 113 Å². The van der Waals surface area contributed by atoms with Crippen LogP contribution in [0.3, 0.4) is 0 Å². The summed E-state index contributed by atoms with van der Waals surface area (Å²) in [6, 6.07) is 0. The molecule has 0 aromatic carbocycles. The third kappa shape index (κ3) is 5.16. The summed E-state index contributed by atoms with van der Waals surface area (Å²) in [7, 11) is 3.14. The average molecular weight is 273 g/mol. The fourth-order valence-electron chi connectivity index (χ4n) is 1.77. The van der Waals surface area contributed by atoms with Crippen molar-refractivity contribution in [2.75, 3.05) is 33.0 Å². The number of ether oxygens (including phenoxy) is 1. The number of carbonyl (C=O) groups excluding carboxylic acids is 1. The Morgan fingerprint density at radius 1 is 1.56 bits per heavy atom. The van der Waals surface area contributed by atoms with Crippen molar-refractivity contribution >= 4 is 23.7 Å². The number of nitrogens with one attached hydrogen (secondary N) is 2. The lowest BCUT2D eigenvalue weighted by molar-refractivity contribution is -0.144. The molecule has 2 N–H and O–H groups in total. The standard InChI is InChI=1S/C12H23N3O2S/c1-9(11(16)17-3)7-14-12(13-2)15-8-10-5-4-6-18-10/h9-10H,4-8H2,1-3H3,(H2,13,14,15). The van der Waals surface area contributed by atoms with Crippen LogP contribution in [-0.4, -0.2) is 50.2 Å². The summed E-state index contributed by atoms with van der Waals surface area (Å²) in [6.07, 6.45) is 2.58. The lowest BCUT2D eigenvalue weighted by Gasteiger charge is -2.16. The van der Waals surface area contributed by atoms with Crippen molar-refractivity contribution in [3.63, 3.8) is 0 Å². The third-order valence-corrected chi connectivity index (χ3v) is 4.32. The summed E-state index contributed by atoms with van der Waals surface area (Å²) in [6.45, 7) is 3.29. The smallest absolute Gasteiger partial charge is 0.310 e. The van der Waals surface area contributed by atoms with Crippen LogP contribution in [-0.2, 0) is 9.53 Å². The zero-order chi connectivity index (χ0) is 13.4. The summed E-state index contributed by atoms with van der Waals surface area (Å²) >= 11 is 2.01. The Morgan fingerprint density at radius 2 is 2.33 bits per heavy atom. The van der Waals surface area contributed by atoms with Gasteiger partial charge in [0.15, 0.2) is 5.96 Å². The van der Waals surface area contributed by atoms with Gasteiger partial charge in [-0.15, -0.1) is 0 Å². The van der Waals surface area contributed by atoms with Gasteiger partial charge in [0.25, 0.3) is 0 Å². The highest BCUT2D eigenvalue weighted by atomic mass is 32.2. The van der Waals surface area contributed by atoms with Crippen LogP contribution in [0.4, 0.5) is 0 Å². The molecule has 0 aromatic heterocycles. The lowest BCUT2D eigenvalue weighted by atomic mass is 10.2. The van der Waals surface area contributed by atoms with E-state index in [1.54, 1.807) is 7.05 Å². The van der Waals surface area contributed by atoms with Gasteiger partial charge in [0.05, 0.1) is 13.0 Å². The third-order valence-electron chi connectivity index (χ3n) is 2.92. The molecule has 5 nitrogen and oxygen atoms in total. The molecule has 0 spiro atoms. The predicted octanol–water partition coefficient (Wildman–Crippen LogP) is 0.856. The number of carbonyl (C=O) groups is 1. The van der Waals surface area contributed by atoms with Crippen LogP contribution in [0.25, 0.3) is 0 Å². The van der Waals surface area contributed by atoms with E-state index in [1.807, 2.05) is 18.7 Å². The molecule has 104 valence electrons.